The quantitative estimate of drug-likeness (QED) is 0.694. The summed E-state index contributed by atoms with van der Waals surface area (Å²) in [6.07, 6.45) is 2.60. The molecule has 1 heterocycles. The lowest BCUT2D eigenvalue weighted by atomic mass is 10.2. The van der Waals surface area contributed by atoms with Crippen LogP contribution < -0.4 is 10.6 Å². The number of rotatable bonds is 4. The van der Waals surface area contributed by atoms with Crippen LogP contribution in [-0.2, 0) is 0 Å². The van der Waals surface area contributed by atoms with Crippen molar-refractivity contribution in [2.24, 2.45) is 0 Å². The maximum absolute atomic E-state index is 13.2. The summed E-state index contributed by atoms with van der Waals surface area (Å²) >= 11 is 6.02. The summed E-state index contributed by atoms with van der Waals surface area (Å²) in [6, 6.07) is 8.55. The van der Waals surface area contributed by atoms with E-state index in [9.17, 15) is 13.6 Å². The minimum Gasteiger partial charge on any atom is -0.339 e. The summed E-state index contributed by atoms with van der Waals surface area (Å²) in [5, 5.41) is 6.03. The van der Waals surface area contributed by atoms with Gasteiger partial charge in [0.1, 0.15) is 11.5 Å². The average molecular weight is 375 g/mol. The molecule has 8 heteroatoms. The second kappa shape index (κ2) is 7.45. The van der Waals surface area contributed by atoms with Crippen LogP contribution in [0.5, 0.6) is 0 Å². The van der Waals surface area contributed by atoms with Crippen molar-refractivity contribution in [2.75, 3.05) is 10.6 Å². The van der Waals surface area contributed by atoms with E-state index in [1.54, 1.807) is 25.1 Å². The number of aromatic nitrogens is 2. The summed E-state index contributed by atoms with van der Waals surface area (Å²) in [5.74, 6) is -2.07. The highest BCUT2D eigenvalue weighted by atomic mass is 35.5. The second-order valence-corrected chi connectivity index (χ2v) is 5.81. The van der Waals surface area contributed by atoms with E-state index in [1.165, 1.54) is 18.5 Å². The van der Waals surface area contributed by atoms with Gasteiger partial charge in [0, 0.05) is 22.5 Å². The van der Waals surface area contributed by atoms with Crippen LogP contribution in [0.2, 0.25) is 5.02 Å². The number of benzene rings is 2. The summed E-state index contributed by atoms with van der Waals surface area (Å²) < 4.78 is 26.1. The first kappa shape index (κ1) is 17.8. The van der Waals surface area contributed by atoms with E-state index in [1.807, 2.05) is 0 Å². The van der Waals surface area contributed by atoms with Crippen molar-refractivity contribution < 1.29 is 13.6 Å². The van der Waals surface area contributed by atoms with Gasteiger partial charge in [-0.15, -0.1) is 0 Å². The molecule has 0 atom stereocenters. The molecule has 2 N–H and O–H groups in total. The Balaban J connectivity index is 1.71. The molecule has 0 bridgehead atoms. The summed E-state index contributed by atoms with van der Waals surface area (Å²) in [6.45, 7) is 1.79. The zero-order valence-corrected chi connectivity index (χ0v) is 14.3. The number of hydrogen-bond acceptors (Lipinski definition) is 4. The van der Waals surface area contributed by atoms with Crippen LogP contribution in [0.25, 0.3) is 0 Å². The van der Waals surface area contributed by atoms with E-state index in [-0.39, 0.29) is 11.5 Å². The van der Waals surface area contributed by atoms with Crippen molar-refractivity contribution in [1.29, 1.82) is 0 Å². The number of nitrogens with one attached hydrogen (secondary N) is 2. The zero-order chi connectivity index (χ0) is 18.7. The molecular formula is C18H13ClF2N4O. The molecule has 0 radical (unpaired) electrons. The molecule has 26 heavy (non-hydrogen) atoms. The highest BCUT2D eigenvalue weighted by molar-refractivity contribution is 6.31. The van der Waals surface area contributed by atoms with Gasteiger partial charge in [-0.3, -0.25) is 4.79 Å². The van der Waals surface area contributed by atoms with Gasteiger partial charge in [-0.05, 0) is 36.8 Å². The van der Waals surface area contributed by atoms with Gasteiger partial charge < -0.3 is 10.6 Å². The standard InChI is InChI=1S/C18H13ClF2N4O/c1-10-12(19)3-2-4-15(10)25-18(26)16-8-23-17(9-22-16)24-11-5-6-13(20)14(21)7-11/h2-9H,1H3,(H,23,24)(H,25,26). The molecule has 0 aliphatic heterocycles. The van der Waals surface area contributed by atoms with Crippen molar-refractivity contribution in [2.45, 2.75) is 6.92 Å². The number of amides is 1. The fourth-order valence-corrected chi connectivity index (χ4v) is 2.34. The average Bonchev–Trinajstić information content (AvgIpc) is 2.63. The highest BCUT2D eigenvalue weighted by Gasteiger charge is 2.11. The van der Waals surface area contributed by atoms with Crippen LogP contribution in [0, 0.1) is 18.6 Å². The van der Waals surface area contributed by atoms with E-state index in [4.69, 9.17) is 11.6 Å². The van der Waals surface area contributed by atoms with Crippen molar-refractivity contribution in [3.05, 3.63) is 76.7 Å². The van der Waals surface area contributed by atoms with Crippen LogP contribution in [0.3, 0.4) is 0 Å². The molecule has 0 saturated carbocycles. The minimum atomic E-state index is -0.976. The molecule has 1 aromatic heterocycles. The lowest BCUT2D eigenvalue weighted by molar-refractivity contribution is 0.102. The van der Waals surface area contributed by atoms with Gasteiger partial charge in [-0.1, -0.05) is 17.7 Å². The number of carbonyl (C=O) groups is 1. The van der Waals surface area contributed by atoms with Crippen LogP contribution in [0.15, 0.2) is 48.8 Å². The monoisotopic (exact) mass is 374 g/mol. The molecule has 0 spiro atoms. The topological polar surface area (TPSA) is 66.9 Å². The number of hydrogen-bond donors (Lipinski definition) is 2. The first-order chi connectivity index (χ1) is 12.4. The summed E-state index contributed by atoms with van der Waals surface area (Å²) in [4.78, 5) is 20.3. The Morgan fingerprint density at radius 2 is 1.88 bits per heavy atom. The number of carbonyl (C=O) groups excluding carboxylic acids is 1. The molecule has 0 saturated heterocycles. The minimum absolute atomic E-state index is 0.0974. The summed E-state index contributed by atoms with van der Waals surface area (Å²) in [7, 11) is 0. The Bertz CT molecular complexity index is 964. The molecular weight excluding hydrogens is 362 g/mol. The molecule has 132 valence electrons. The molecule has 0 aliphatic carbocycles. The Labute approximate surface area is 153 Å². The fraction of sp³-hybridized carbons (Fsp3) is 0.0556. The third-order valence-electron chi connectivity index (χ3n) is 3.59. The number of nitrogens with zero attached hydrogens (tertiary/aromatic N) is 2. The molecule has 5 nitrogen and oxygen atoms in total. The molecule has 0 aliphatic rings. The molecule has 3 aromatic rings. The van der Waals surface area contributed by atoms with Gasteiger partial charge >= 0.3 is 0 Å². The Kier molecular flexibility index (Phi) is 5.09. The lowest BCUT2D eigenvalue weighted by Gasteiger charge is -2.09. The third kappa shape index (κ3) is 3.94. The predicted octanol–water partition coefficient (Wildman–Crippen LogP) is 4.71. The fourth-order valence-electron chi connectivity index (χ4n) is 2.16. The van der Waals surface area contributed by atoms with Gasteiger partial charge in [-0.25, -0.2) is 18.7 Å². The Hall–Kier alpha value is -3.06. The van der Waals surface area contributed by atoms with Crippen molar-refractivity contribution in [1.82, 2.24) is 9.97 Å². The maximum Gasteiger partial charge on any atom is 0.275 e. The summed E-state index contributed by atoms with van der Waals surface area (Å²) in [5.41, 5.74) is 1.73. The molecule has 0 fully saturated rings. The van der Waals surface area contributed by atoms with Gasteiger partial charge in [0.2, 0.25) is 0 Å². The number of anilines is 3. The van der Waals surface area contributed by atoms with Crippen molar-refractivity contribution in [3.8, 4) is 0 Å². The predicted molar refractivity (Wildman–Crippen MR) is 95.8 cm³/mol. The maximum atomic E-state index is 13.2. The first-order valence-corrected chi connectivity index (χ1v) is 7.92. The van der Waals surface area contributed by atoms with Crippen molar-refractivity contribution in [3.63, 3.8) is 0 Å². The number of halogens is 3. The lowest BCUT2D eigenvalue weighted by Crippen LogP contribution is -2.15. The second-order valence-electron chi connectivity index (χ2n) is 5.41. The Morgan fingerprint density at radius 3 is 2.58 bits per heavy atom. The van der Waals surface area contributed by atoms with Gasteiger partial charge in [0.25, 0.3) is 5.91 Å². The highest BCUT2D eigenvalue weighted by Crippen LogP contribution is 2.23. The van der Waals surface area contributed by atoms with E-state index >= 15 is 0 Å². The van der Waals surface area contributed by atoms with Gasteiger partial charge in [0.15, 0.2) is 11.6 Å². The Morgan fingerprint density at radius 1 is 1.08 bits per heavy atom. The van der Waals surface area contributed by atoms with Gasteiger partial charge in [0.05, 0.1) is 12.4 Å². The smallest absolute Gasteiger partial charge is 0.275 e. The van der Waals surface area contributed by atoms with E-state index < -0.39 is 17.5 Å². The molecule has 1 amide bonds. The van der Waals surface area contributed by atoms with Crippen molar-refractivity contribution >= 4 is 34.7 Å². The normalized spacial score (nSPS) is 10.5. The van der Waals surface area contributed by atoms with Gasteiger partial charge in [-0.2, -0.15) is 0 Å². The van der Waals surface area contributed by atoms with Crippen LogP contribution in [-0.4, -0.2) is 15.9 Å². The van der Waals surface area contributed by atoms with E-state index in [0.29, 0.717) is 16.4 Å². The van der Waals surface area contributed by atoms with Crippen LogP contribution in [0.1, 0.15) is 16.1 Å². The zero-order valence-electron chi connectivity index (χ0n) is 13.6. The largest absolute Gasteiger partial charge is 0.339 e. The van der Waals surface area contributed by atoms with Crippen LogP contribution in [0.4, 0.5) is 26.0 Å². The first-order valence-electron chi connectivity index (χ1n) is 7.54. The molecule has 3 rings (SSSR count). The SMILES string of the molecule is Cc1c(Cl)cccc1NC(=O)c1cnc(Nc2ccc(F)c(F)c2)cn1. The third-order valence-corrected chi connectivity index (χ3v) is 4.00. The van der Waals surface area contributed by atoms with Crippen LogP contribution >= 0.6 is 11.6 Å². The molecule has 2 aromatic carbocycles. The van der Waals surface area contributed by atoms with E-state index in [0.717, 1.165) is 17.7 Å². The van der Waals surface area contributed by atoms with E-state index in [2.05, 4.69) is 20.6 Å². The molecule has 0 unspecified atom stereocenters.